The van der Waals surface area contributed by atoms with E-state index >= 15 is 0 Å². The van der Waals surface area contributed by atoms with Crippen LogP contribution in [-0.4, -0.2) is 42.5 Å². The van der Waals surface area contributed by atoms with Gasteiger partial charge in [-0.1, -0.05) is 46.2 Å². The van der Waals surface area contributed by atoms with Crippen LogP contribution in [-0.2, 0) is 9.59 Å². The van der Waals surface area contributed by atoms with Crippen molar-refractivity contribution < 1.29 is 24.2 Å². The van der Waals surface area contributed by atoms with E-state index in [1.807, 2.05) is 6.92 Å². The van der Waals surface area contributed by atoms with Gasteiger partial charge in [-0.15, -0.1) is 0 Å². The van der Waals surface area contributed by atoms with Gasteiger partial charge in [0.1, 0.15) is 0 Å². The first-order valence-electron chi connectivity index (χ1n) is 9.18. The molecule has 1 aromatic rings. The summed E-state index contributed by atoms with van der Waals surface area (Å²) in [7, 11) is 3.05. The quantitative estimate of drug-likeness (QED) is 0.784. The van der Waals surface area contributed by atoms with Crippen LogP contribution in [0.4, 0.5) is 0 Å². The first kappa shape index (κ1) is 20.8. The highest BCUT2D eigenvalue weighted by molar-refractivity contribution is 6.10. The second-order valence-electron chi connectivity index (χ2n) is 7.68. The Kier molecular flexibility index (Phi) is 6.19. The van der Waals surface area contributed by atoms with Crippen molar-refractivity contribution in [1.29, 1.82) is 0 Å². The number of amides is 1. The van der Waals surface area contributed by atoms with E-state index in [2.05, 4.69) is 0 Å². The number of rotatable bonds is 7. The Labute approximate surface area is 160 Å². The summed E-state index contributed by atoms with van der Waals surface area (Å²) in [5, 5.41) is 10.6. The summed E-state index contributed by atoms with van der Waals surface area (Å²) in [5.41, 5.74) is 0.00226. The normalized spacial score (nSPS) is 17.5. The van der Waals surface area contributed by atoms with Crippen molar-refractivity contribution in [2.75, 3.05) is 20.8 Å². The van der Waals surface area contributed by atoms with Gasteiger partial charge in [0.15, 0.2) is 23.0 Å². The maximum atomic E-state index is 13.1. The van der Waals surface area contributed by atoms with Crippen molar-refractivity contribution in [3.05, 3.63) is 35.1 Å². The predicted octanol–water partition coefficient (Wildman–Crippen LogP) is 3.81. The predicted molar refractivity (Wildman–Crippen MR) is 103 cm³/mol. The van der Waals surface area contributed by atoms with Crippen LogP contribution in [0.5, 0.6) is 11.5 Å². The molecule has 1 N–H and O–H groups in total. The second-order valence-corrected chi connectivity index (χ2v) is 7.68. The summed E-state index contributed by atoms with van der Waals surface area (Å²) < 4.78 is 10.9. The van der Waals surface area contributed by atoms with E-state index < -0.39 is 23.1 Å². The number of carbonyl (C=O) groups is 2. The van der Waals surface area contributed by atoms with Crippen molar-refractivity contribution in [2.45, 2.75) is 46.6 Å². The number of carbonyl (C=O) groups excluding carboxylic acids is 2. The zero-order valence-corrected chi connectivity index (χ0v) is 17.0. The molecule has 1 aromatic carbocycles. The van der Waals surface area contributed by atoms with E-state index in [-0.39, 0.29) is 11.4 Å². The Morgan fingerprint density at radius 3 is 2.41 bits per heavy atom. The molecule has 1 heterocycles. The van der Waals surface area contributed by atoms with Crippen molar-refractivity contribution in [2.24, 2.45) is 5.41 Å². The van der Waals surface area contributed by atoms with Gasteiger partial charge in [-0.3, -0.25) is 9.59 Å². The minimum Gasteiger partial charge on any atom is -0.503 e. The molecule has 6 nitrogen and oxygen atoms in total. The van der Waals surface area contributed by atoms with Crippen LogP contribution in [0.15, 0.2) is 29.5 Å². The van der Waals surface area contributed by atoms with Crippen LogP contribution in [0, 0.1) is 5.41 Å². The van der Waals surface area contributed by atoms with Gasteiger partial charge in [0.25, 0.3) is 5.91 Å². The SMILES string of the molecule is CCCCN1C(=O)C(O)=C(C(=O)C(C)(C)C)C1c1cccc(OC)c1OC. The number of ketones is 1. The van der Waals surface area contributed by atoms with Crippen molar-refractivity contribution in [3.63, 3.8) is 0 Å². The second kappa shape index (κ2) is 8.03. The fraction of sp³-hybridized carbons (Fsp3) is 0.524. The lowest BCUT2D eigenvalue weighted by Crippen LogP contribution is -2.33. The van der Waals surface area contributed by atoms with E-state index in [4.69, 9.17) is 9.47 Å². The van der Waals surface area contributed by atoms with Crippen molar-refractivity contribution in [1.82, 2.24) is 4.90 Å². The van der Waals surface area contributed by atoms with E-state index in [9.17, 15) is 14.7 Å². The van der Waals surface area contributed by atoms with Crippen molar-refractivity contribution >= 4 is 11.7 Å². The molecular weight excluding hydrogens is 346 g/mol. The van der Waals surface area contributed by atoms with Crippen LogP contribution >= 0.6 is 0 Å². The van der Waals surface area contributed by atoms with Gasteiger partial charge in [-0.25, -0.2) is 0 Å². The van der Waals surface area contributed by atoms with Gasteiger partial charge < -0.3 is 19.5 Å². The molecule has 0 spiro atoms. The lowest BCUT2D eigenvalue weighted by atomic mass is 9.82. The zero-order valence-electron chi connectivity index (χ0n) is 17.0. The molecule has 0 radical (unpaired) electrons. The molecule has 1 atom stereocenters. The number of hydrogen-bond donors (Lipinski definition) is 1. The fourth-order valence-corrected chi connectivity index (χ4v) is 3.30. The highest BCUT2D eigenvalue weighted by atomic mass is 16.5. The third-order valence-corrected chi connectivity index (χ3v) is 4.71. The Bertz CT molecular complexity index is 760. The van der Waals surface area contributed by atoms with E-state index in [1.165, 1.54) is 14.2 Å². The number of para-hydroxylation sites is 1. The highest BCUT2D eigenvalue weighted by Gasteiger charge is 2.46. The van der Waals surface area contributed by atoms with Gasteiger partial charge in [-0.05, 0) is 12.5 Å². The number of hydrogen-bond acceptors (Lipinski definition) is 5. The summed E-state index contributed by atoms with van der Waals surface area (Å²) >= 11 is 0. The Morgan fingerprint density at radius 1 is 1.22 bits per heavy atom. The standard InChI is InChI=1S/C21H29NO5/c1-7-8-12-22-16(13-10-9-11-14(26-5)18(13)27-6)15(17(23)20(22)25)19(24)21(2,3)4/h9-11,16,23H,7-8,12H2,1-6H3. The molecule has 2 rings (SSSR count). The molecule has 1 amide bonds. The fourth-order valence-electron chi connectivity index (χ4n) is 3.30. The molecule has 1 aliphatic heterocycles. The Hall–Kier alpha value is -2.50. The lowest BCUT2D eigenvalue weighted by Gasteiger charge is -2.30. The first-order valence-corrected chi connectivity index (χ1v) is 9.18. The largest absolute Gasteiger partial charge is 0.503 e. The Balaban J connectivity index is 2.69. The van der Waals surface area contributed by atoms with Crippen LogP contribution in [0.2, 0.25) is 0 Å². The van der Waals surface area contributed by atoms with Crippen LogP contribution in [0.25, 0.3) is 0 Å². The highest BCUT2D eigenvalue weighted by Crippen LogP contribution is 2.46. The lowest BCUT2D eigenvalue weighted by molar-refractivity contribution is -0.129. The number of unbranched alkanes of at least 4 members (excludes halogenated alkanes) is 1. The number of Topliss-reactive ketones (excluding diaryl/α,β-unsaturated/α-hetero) is 1. The van der Waals surface area contributed by atoms with Crippen molar-refractivity contribution in [3.8, 4) is 11.5 Å². The summed E-state index contributed by atoms with van der Waals surface area (Å²) in [6, 6.07) is 4.63. The number of aliphatic hydroxyl groups excluding tert-OH is 1. The average Bonchev–Trinajstić information content (AvgIpc) is 2.88. The molecule has 27 heavy (non-hydrogen) atoms. The van der Waals surface area contributed by atoms with Gasteiger partial charge in [0, 0.05) is 17.5 Å². The number of methoxy groups -OCH3 is 2. The third-order valence-electron chi connectivity index (χ3n) is 4.71. The first-order chi connectivity index (χ1) is 12.7. The van der Waals surface area contributed by atoms with Gasteiger partial charge in [0.05, 0.1) is 25.8 Å². The maximum Gasteiger partial charge on any atom is 0.290 e. The smallest absolute Gasteiger partial charge is 0.290 e. The van der Waals surface area contributed by atoms with Gasteiger partial charge in [-0.2, -0.15) is 0 Å². The molecule has 6 heteroatoms. The maximum absolute atomic E-state index is 13.1. The van der Waals surface area contributed by atoms with Gasteiger partial charge >= 0.3 is 0 Å². The van der Waals surface area contributed by atoms with E-state index in [1.54, 1.807) is 43.9 Å². The minimum atomic E-state index is -0.741. The van der Waals surface area contributed by atoms with E-state index in [0.29, 0.717) is 23.6 Å². The number of nitrogens with zero attached hydrogens (tertiary/aromatic N) is 1. The molecule has 0 saturated heterocycles. The molecule has 1 unspecified atom stereocenters. The molecule has 148 valence electrons. The topological polar surface area (TPSA) is 76.1 Å². The number of ether oxygens (including phenoxy) is 2. The van der Waals surface area contributed by atoms with Crippen LogP contribution in [0.3, 0.4) is 0 Å². The van der Waals surface area contributed by atoms with Crippen LogP contribution in [0.1, 0.15) is 52.1 Å². The summed E-state index contributed by atoms with van der Waals surface area (Å²) in [4.78, 5) is 27.4. The average molecular weight is 375 g/mol. The third kappa shape index (κ3) is 3.80. The van der Waals surface area contributed by atoms with Crippen LogP contribution < -0.4 is 9.47 Å². The molecule has 0 fully saturated rings. The zero-order chi connectivity index (χ0) is 20.4. The van der Waals surface area contributed by atoms with E-state index in [0.717, 1.165) is 12.8 Å². The number of benzene rings is 1. The molecule has 1 aliphatic rings. The molecule has 0 saturated carbocycles. The molecule has 0 aromatic heterocycles. The summed E-state index contributed by atoms with van der Waals surface area (Å²) in [6.45, 7) is 7.78. The number of aliphatic hydroxyl groups is 1. The Morgan fingerprint density at radius 2 is 1.89 bits per heavy atom. The van der Waals surface area contributed by atoms with Gasteiger partial charge in [0.2, 0.25) is 0 Å². The minimum absolute atomic E-state index is 0.121. The summed E-state index contributed by atoms with van der Waals surface area (Å²) in [6.07, 6.45) is 1.65. The molecule has 0 aliphatic carbocycles. The molecule has 0 bridgehead atoms. The molecular formula is C21H29NO5. The summed E-state index contributed by atoms with van der Waals surface area (Å²) in [5.74, 6) is -0.297. The monoisotopic (exact) mass is 375 g/mol.